The number of benzene rings is 1. The predicted octanol–water partition coefficient (Wildman–Crippen LogP) is 3.18. The van der Waals surface area contributed by atoms with Gasteiger partial charge in [0.25, 0.3) is 0 Å². The van der Waals surface area contributed by atoms with Gasteiger partial charge >= 0.3 is 0 Å². The number of halogens is 1. The van der Waals surface area contributed by atoms with E-state index in [4.69, 9.17) is 5.11 Å². The van der Waals surface area contributed by atoms with Crippen LogP contribution in [0.25, 0.3) is 0 Å². The summed E-state index contributed by atoms with van der Waals surface area (Å²) in [6.07, 6.45) is 2.72. The Kier molecular flexibility index (Phi) is 3.55. The molecule has 1 aromatic rings. The van der Waals surface area contributed by atoms with Gasteiger partial charge in [0.1, 0.15) is 0 Å². The number of hydrogen-bond donors (Lipinski definition) is 1. The highest BCUT2D eigenvalue weighted by Crippen LogP contribution is 2.36. The van der Waals surface area contributed by atoms with Crippen molar-refractivity contribution in [3.63, 3.8) is 0 Å². The molecule has 16 heavy (non-hydrogen) atoms. The average molecular weight is 284 g/mol. The largest absolute Gasteiger partial charge is 0.392 e. The number of anilines is 1. The Morgan fingerprint density at radius 2 is 2.19 bits per heavy atom. The molecule has 1 aliphatic rings. The fourth-order valence-electron chi connectivity index (χ4n) is 2.01. The van der Waals surface area contributed by atoms with E-state index in [0.29, 0.717) is 6.04 Å². The van der Waals surface area contributed by atoms with Crippen LogP contribution in [0.1, 0.15) is 25.3 Å². The van der Waals surface area contributed by atoms with E-state index in [1.807, 2.05) is 6.07 Å². The Bertz CT molecular complexity index is 376. The Balaban J connectivity index is 2.16. The van der Waals surface area contributed by atoms with Gasteiger partial charge in [-0.25, -0.2) is 0 Å². The molecule has 1 atom stereocenters. The fourth-order valence-corrected chi connectivity index (χ4v) is 2.51. The zero-order valence-electron chi connectivity index (χ0n) is 9.78. The number of aliphatic hydroxyl groups is 1. The minimum Gasteiger partial charge on any atom is -0.392 e. The van der Waals surface area contributed by atoms with E-state index in [1.54, 1.807) is 0 Å². The van der Waals surface area contributed by atoms with Crippen LogP contribution in [0.2, 0.25) is 0 Å². The van der Waals surface area contributed by atoms with Crippen LogP contribution in [-0.2, 0) is 6.61 Å². The minimum atomic E-state index is 0.0861. The van der Waals surface area contributed by atoms with Gasteiger partial charge in [-0.05, 0) is 43.4 Å². The van der Waals surface area contributed by atoms with Gasteiger partial charge in [-0.2, -0.15) is 0 Å². The maximum atomic E-state index is 9.11. The maximum Gasteiger partial charge on any atom is 0.0692 e. The molecule has 1 aromatic carbocycles. The molecule has 3 heteroatoms. The molecule has 0 radical (unpaired) electrons. The molecule has 0 aromatic heterocycles. The van der Waals surface area contributed by atoms with E-state index in [2.05, 4.69) is 46.9 Å². The molecule has 0 amide bonds. The van der Waals surface area contributed by atoms with Gasteiger partial charge < -0.3 is 10.0 Å². The Morgan fingerprint density at radius 1 is 1.50 bits per heavy atom. The average Bonchev–Trinajstić information content (AvgIpc) is 3.11. The highest BCUT2D eigenvalue weighted by Gasteiger charge is 2.30. The molecule has 1 N–H and O–H groups in total. The second-order valence-electron chi connectivity index (χ2n) is 4.62. The SMILES string of the molecule is CC(C1CC1)N(C)c1ccc(CO)c(Br)c1. The number of hydrogen-bond acceptors (Lipinski definition) is 2. The van der Waals surface area contributed by atoms with E-state index in [9.17, 15) is 0 Å². The van der Waals surface area contributed by atoms with E-state index in [-0.39, 0.29) is 6.61 Å². The van der Waals surface area contributed by atoms with Crippen molar-refractivity contribution in [1.82, 2.24) is 0 Å². The monoisotopic (exact) mass is 283 g/mol. The second-order valence-corrected chi connectivity index (χ2v) is 5.48. The summed E-state index contributed by atoms with van der Waals surface area (Å²) in [5, 5.41) is 9.11. The van der Waals surface area contributed by atoms with Crippen LogP contribution in [-0.4, -0.2) is 18.2 Å². The number of aliphatic hydroxyl groups excluding tert-OH is 1. The summed E-state index contributed by atoms with van der Waals surface area (Å²) in [5.41, 5.74) is 2.15. The van der Waals surface area contributed by atoms with Crippen molar-refractivity contribution >= 4 is 21.6 Å². The second kappa shape index (κ2) is 4.76. The molecule has 1 fully saturated rings. The topological polar surface area (TPSA) is 23.5 Å². The van der Waals surface area contributed by atoms with Crippen LogP contribution < -0.4 is 4.90 Å². The molecule has 0 spiro atoms. The number of nitrogens with zero attached hydrogens (tertiary/aromatic N) is 1. The first kappa shape index (κ1) is 11.9. The third-order valence-corrected chi connectivity index (χ3v) is 4.27. The zero-order valence-corrected chi connectivity index (χ0v) is 11.4. The van der Waals surface area contributed by atoms with Crippen molar-refractivity contribution in [2.45, 2.75) is 32.4 Å². The van der Waals surface area contributed by atoms with Crippen molar-refractivity contribution in [3.05, 3.63) is 28.2 Å². The lowest BCUT2D eigenvalue weighted by Gasteiger charge is -2.27. The number of rotatable bonds is 4. The molecule has 88 valence electrons. The van der Waals surface area contributed by atoms with Crippen molar-refractivity contribution in [2.24, 2.45) is 5.92 Å². The van der Waals surface area contributed by atoms with Crippen molar-refractivity contribution in [1.29, 1.82) is 0 Å². The van der Waals surface area contributed by atoms with Gasteiger partial charge in [-0.15, -0.1) is 0 Å². The maximum absolute atomic E-state index is 9.11. The lowest BCUT2D eigenvalue weighted by Crippen LogP contribution is -2.30. The lowest BCUT2D eigenvalue weighted by molar-refractivity contribution is 0.281. The third kappa shape index (κ3) is 2.41. The summed E-state index contributed by atoms with van der Waals surface area (Å²) in [6.45, 7) is 2.37. The van der Waals surface area contributed by atoms with Gasteiger partial charge in [-0.1, -0.05) is 22.0 Å². The van der Waals surface area contributed by atoms with Crippen LogP contribution in [0.15, 0.2) is 22.7 Å². The smallest absolute Gasteiger partial charge is 0.0692 e. The highest BCUT2D eigenvalue weighted by molar-refractivity contribution is 9.10. The summed E-state index contributed by atoms with van der Waals surface area (Å²) < 4.78 is 0.988. The summed E-state index contributed by atoms with van der Waals surface area (Å²) in [6, 6.07) is 6.75. The van der Waals surface area contributed by atoms with Crippen LogP contribution >= 0.6 is 15.9 Å². The first-order valence-electron chi connectivity index (χ1n) is 5.75. The molecule has 2 rings (SSSR count). The summed E-state index contributed by atoms with van der Waals surface area (Å²) in [4.78, 5) is 2.32. The van der Waals surface area contributed by atoms with Gasteiger partial charge in [0.15, 0.2) is 0 Å². The van der Waals surface area contributed by atoms with E-state index in [1.165, 1.54) is 18.5 Å². The molecule has 0 saturated heterocycles. The Labute approximate surface area is 105 Å². The summed E-state index contributed by atoms with van der Waals surface area (Å²) in [7, 11) is 2.14. The first-order chi connectivity index (χ1) is 7.63. The standard InChI is InChI=1S/C13H18BrNO/c1-9(10-3-4-10)15(2)12-6-5-11(8-16)13(14)7-12/h5-7,9-10,16H,3-4,8H2,1-2H3. The molecule has 0 aliphatic heterocycles. The van der Waals surface area contributed by atoms with E-state index < -0.39 is 0 Å². The first-order valence-corrected chi connectivity index (χ1v) is 6.55. The highest BCUT2D eigenvalue weighted by atomic mass is 79.9. The molecule has 1 saturated carbocycles. The van der Waals surface area contributed by atoms with E-state index >= 15 is 0 Å². The normalized spacial score (nSPS) is 17.2. The van der Waals surface area contributed by atoms with Crippen LogP contribution in [0, 0.1) is 5.92 Å². The lowest BCUT2D eigenvalue weighted by atomic mass is 10.1. The molecular weight excluding hydrogens is 266 g/mol. The third-order valence-electron chi connectivity index (χ3n) is 3.53. The quantitative estimate of drug-likeness (QED) is 0.918. The van der Waals surface area contributed by atoms with Crippen molar-refractivity contribution < 1.29 is 5.11 Å². The molecule has 1 aliphatic carbocycles. The fraction of sp³-hybridized carbons (Fsp3) is 0.538. The molecule has 0 bridgehead atoms. The Hall–Kier alpha value is -0.540. The van der Waals surface area contributed by atoms with Crippen LogP contribution in [0.4, 0.5) is 5.69 Å². The minimum absolute atomic E-state index is 0.0861. The summed E-state index contributed by atoms with van der Waals surface area (Å²) >= 11 is 3.49. The van der Waals surface area contributed by atoms with Crippen LogP contribution in [0.3, 0.4) is 0 Å². The van der Waals surface area contributed by atoms with E-state index in [0.717, 1.165) is 16.0 Å². The van der Waals surface area contributed by atoms with Gasteiger partial charge in [0.2, 0.25) is 0 Å². The van der Waals surface area contributed by atoms with Gasteiger partial charge in [0.05, 0.1) is 6.61 Å². The molecule has 1 unspecified atom stereocenters. The summed E-state index contributed by atoms with van der Waals surface area (Å²) in [5.74, 6) is 0.862. The van der Waals surface area contributed by atoms with Crippen molar-refractivity contribution in [3.8, 4) is 0 Å². The zero-order chi connectivity index (χ0) is 11.7. The van der Waals surface area contributed by atoms with Crippen molar-refractivity contribution in [2.75, 3.05) is 11.9 Å². The molecule has 2 nitrogen and oxygen atoms in total. The molecular formula is C13H18BrNO. The van der Waals surface area contributed by atoms with Crippen LogP contribution in [0.5, 0.6) is 0 Å². The Morgan fingerprint density at radius 3 is 2.69 bits per heavy atom. The predicted molar refractivity (Wildman–Crippen MR) is 70.7 cm³/mol. The molecule has 0 heterocycles. The van der Waals surface area contributed by atoms with Gasteiger partial charge in [0, 0.05) is 23.2 Å². The van der Waals surface area contributed by atoms with Gasteiger partial charge in [-0.3, -0.25) is 0 Å².